The lowest BCUT2D eigenvalue weighted by Gasteiger charge is -2.06. The first-order valence-electron chi connectivity index (χ1n) is 3.30. The highest BCUT2D eigenvalue weighted by Gasteiger charge is 2.16. The summed E-state index contributed by atoms with van der Waals surface area (Å²) in [6.07, 6.45) is -1.88. The van der Waals surface area contributed by atoms with Crippen LogP contribution in [0.15, 0.2) is 6.20 Å². The highest BCUT2D eigenvalue weighted by molar-refractivity contribution is 5.71. The molecule has 0 fully saturated rings. The molecule has 0 aromatic carbocycles. The topological polar surface area (TPSA) is 88.7 Å². The number of halogens is 2. The van der Waals surface area contributed by atoms with Gasteiger partial charge in [0.05, 0.1) is 16.9 Å². The number of aromatic nitrogens is 1. The molecule has 68 valence electrons. The minimum absolute atomic E-state index is 0.137. The van der Waals surface area contributed by atoms with Crippen molar-refractivity contribution in [1.82, 2.24) is 4.98 Å². The molecule has 4 nitrogen and oxygen atoms in total. The van der Waals surface area contributed by atoms with Gasteiger partial charge in [-0.3, -0.25) is 0 Å². The van der Waals surface area contributed by atoms with Crippen molar-refractivity contribution >= 4 is 11.4 Å². The van der Waals surface area contributed by atoms with Gasteiger partial charge in [0.25, 0.3) is 6.43 Å². The molecule has 0 aliphatic heterocycles. The predicted octanol–water partition coefficient (Wildman–Crippen LogP) is 1.06. The quantitative estimate of drug-likeness (QED) is 0.682. The summed E-state index contributed by atoms with van der Waals surface area (Å²) >= 11 is 0. The highest BCUT2D eigenvalue weighted by Crippen LogP contribution is 2.29. The van der Waals surface area contributed by atoms with Gasteiger partial charge in [-0.25, -0.2) is 13.8 Å². The number of nitrogens with two attached hydrogens (primary N) is 2. The molecular weight excluding hydrogens is 178 g/mol. The number of nitriles is 1. The first kappa shape index (κ1) is 9.19. The van der Waals surface area contributed by atoms with Crippen LogP contribution in [-0.2, 0) is 0 Å². The Hall–Kier alpha value is -1.90. The van der Waals surface area contributed by atoms with Gasteiger partial charge in [-0.2, -0.15) is 5.26 Å². The first-order chi connectivity index (χ1) is 6.07. The predicted molar refractivity (Wildman–Crippen MR) is 42.7 cm³/mol. The molecule has 0 aliphatic rings. The Morgan fingerprint density at radius 3 is 2.46 bits per heavy atom. The molecule has 0 amide bonds. The van der Waals surface area contributed by atoms with E-state index in [4.69, 9.17) is 16.7 Å². The number of nitrogens with zero attached hydrogens (tertiary/aromatic N) is 2. The van der Waals surface area contributed by atoms with E-state index in [2.05, 4.69) is 4.98 Å². The average molecular weight is 184 g/mol. The molecule has 0 unspecified atom stereocenters. The number of hydrogen-bond acceptors (Lipinski definition) is 4. The normalized spacial score (nSPS) is 10.0. The molecule has 0 aliphatic carbocycles. The van der Waals surface area contributed by atoms with Crippen molar-refractivity contribution in [2.45, 2.75) is 6.43 Å². The van der Waals surface area contributed by atoms with Crippen molar-refractivity contribution in [3.05, 3.63) is 17.5 Å². The number of pyridine rings is 1. The molecule has 0 atom stereocenters. The average Bonchev–Trinajstić information content (AvgIpc) is 2.09. The second kappa shape index (κ2) is 3.23. The van der Waals surface area contributed by atoms with E-state index in [0.29, 0.717) is 0 Å². The fourth-order valence-electron chi connectivity index (χ4n) is 0.819. The van der Waals surface area contributed by atoms with Gasteiger partial charge in [-0.15, -0.1) is 0 Å². The molecule has 6 heteroatoms. The fraction of sp³-hybridized carbons (Fsp3) is 0.143. The fourth-order valence-corrected chi connectivity index (χ4v) is 0.819. The summed E-state index contributed by atoms with van der Waals surface area (Å²) in [5.41, 5.74) is 9.50. The lowest BCUT2D eigenvalue weighted by atomic mass is 10.2. The minimum atomic E-state index is -2.73. The zero-order valence-electron chi connectivity index (χ0n) is 6.46. The zero-order valence-corrected chi connectivity index (χ0v) is 6.46. The van der Waals surface area contributed by atoms with E-state index in [1.54, 1.807) is 6.07 Å². The third-order valence-corrected chi connectivity index (χ3v) is 1.53. The van der Waals surface area contributed by atoms with Gasteiger partial charge >= 0.3 is 0 Å². The second-order valence-corrected chi connectivity index (χ2v) is 2.30. The summed E-state index contributed by atoms with van der Waals surface area (Å²) in [6, 6.07) is 1.64. The number of anilines is 2. The van der Waals surface area contributed by atoms with Crippen molar-refractivity contribution in [2.24, 2.45) is 0 Å². The van der Waals surface area contributed by atoms with Crippen LogP contribution in [0.4, 0.5) is 20.2 Å². The highest BCUT2D eigenvalue weighted by atomic mass is 19.3. The Morgan fingerprint density at radius 2 is 2.00 bits per heavy atom. The molecule has 13 heavy (non-hydrogen) atoms. The molecule has 0 bridgehead atoms. The zero-order chi connectivity index (χ0) is 10.0. The summed E-state index contributed by atoms with van der Waals surface area (Å²) < 4.78 is 24.4. The number of rotatable bonds is 1. The van der Waals surface area contributed by atoms with Gasteiger partial charge < -0.3 is 11.5 Å². The Morgan fingerprint density at radius 1 is 1.38 bits per heavy atom. The van der Waals surface area contributed by atoms with Gasteiger partial charge in [0.2, 0.25) is 0 Å². The summed E-state index contributed by atoms with van der Waals surface area (Å²) in [5, 5.41) is 8.44. The Bertz CT molecular complexity index is 369. The van der Waals surface area contributed by atoms with E-state index in [0.717, 1.165) is 6.20 Å². The van der Waals surface area contributed by atoms with Gasteiger partial charge in [-0.1, -0.05) is 0 Å². The molecule has 0 saturated carbocycles. The minimum Gasteiger partial charge on any atom is -0.397 e. The van der Waals surface area contributed by atoms with Gasteiger partial charge in [0, 0.05) is 6.20 Å². The molecule has 0 spiro atoms. The number of nitrogen functional groups attached to an aromatic ring is 2. The van der Waals surface area contributed by atoms with E-state index < -0.39 is 12.0 Å². The van der Waals surface area contributed by atoms with Crippen molar-refractivity contribution in [2.75, 3.05) is 11.5 Å². The van der Waals surface area contributed by atoms with Gasteiger partial charge in [0.1, 0.15) is 6.07 Å². The third kappa shape index (κ3) is 1.49. The first-order valence-corrected chi connectivity index (χ1v) is 3.30. The van der Waals surface area contributed by atoms with E-state index in [-0.39, 0.29) is 17.1 Å². The van der Waals surface area contributed by atoms with Crippen LogP contribution in [-0.4, -0.2) is 4.98 Å². The van der Waals surface area contributed by atoms with E-state index in [9.17, 15) is 8.78 Å². The summed E-state index contributed by atoms with van der Waals surface area (Å²) in [5.74, 6) is 0. The largest absolute Gasteiger partial charge is 0.397 e. The lowest BCUT2D eigenvalue weighted by molar-refractivity contribution is 0.152. The standard InChI is InChI=1S/C7H6F2N4/c8-7(9)3-2-13-4(1-10)6(12)5(3)11/h2,7H,12H2,(H2,11,13). The van der Waals surface area contributed by atoms with Crippen molar-refractivity contribution in [3.63, 3.8) is 0 Å². The maximum Gasteiger partial charge on any atom is 0.267 e. The molecule has 1 aromatic rings. The van der Waals surface area contributed by atoms with Gasteiger partial charge in [0.15, 0.2) is 5.69 Å². The Kier molecular flexibility index (Phi) is 2.28. The van der Waals surface area contributed by atoms with E-state index in [1.807, 2.05) is 0 Å². The molecule has 0 radical (unpaired) electrons. The number of hydrogen-bond donors (Lipinski definition) is 2. The summed E-state index contributed by atoms with van der Waals surface area (Å²) in [7, 11) is 0. The van der Waals surface area contributed by atoms with Crippen LogP contribution in [0, 0.1) is 11.3 Å². The number of alkyl halides is 2. The molecule has 4 N–H and O–H groups in total. The van der Waals surface area contributed by atoms with E-state index in [1.165, 1.54) is 0 Å². The van der Waals surface area contributed by atoms with Crippen molar-refractivity contribution in [3.8, 4) is 6.07 Å². The molecule has 0 saturated heterocycles. The smallest absolute Gasteiger partial charge is 0.267 e. The maximum absolute atomic E-state index is 12.2. The van der Waals surface area contributed by atoms with Crippen LogP contribution >= 0.6 is 0 Å². The molecular formula is C7H6F2N4. The van der Waals surface area contributed by atoms with Crippen LogP contribution < -0.4 is 11.5 Å². The van der Waals surface area contributed by atoms with Crippen LogP contribution in [0.3, 0.4) is 0 Å². The monoisotopic (exact) mass is 184 g/mol. The Balaban J connectivity index is 3.33. The van der Waals surface area contributed by atoms with Crippen LogP contribution in [0.25, 0.3) is 0 Å². The lowest BCUT2D eigenvalue weighted by Crippen LogP contribution is -2.04. The molecule has 1 aromatic heterocycles. The maximum atomic E-state index is 12.2. The molecule has 1 heterocycles. The van der Waals surface area contributed by atoms with Crippen LogP contribution in [0.5, 0.6) is 0 Å². The Labute approximate surface area is 72.8 Å². The second-order valence-electron chi connectivity index (χ2n) is 2.30. The van der Waals surface area contributed by atoms with Crippen LogP contribution in [0.1, 0.15) is 17.7 Å². The van der Waals surface area contributed by atoms with Crippen molar-refractivity contribution in [1.29, 1.82) is 5.26 Å². The third-order valence-electron chi connectivity index (χ3n) is 1.53. The molecule has 1 rings (SSSR count). The summed E-state index contributed by atoms with van der Waals surface area (Å²) in [4.78, 5) is 3.43. The van der Waals surface area contributed by atoms with Gasteiger partial charge in [-0.05, 0) is 0 Å². The van der Waals surface area contributed by atoms with E-state index >= 15 is 0 Å². The SMILES string of the molecule is N#Cc1ncc(C(F)F)c(N)c1N. The summed E-state index contributed by atoms with van der Waals surface area (Å²) in [6.45, 7) is 0. The van der Waals surface area contributed by atoms with Crippen LogP contribution in [0.2, 0.25) is 0 Å². The van der Waals surface area contributed by atoms with Crippen molar-refractivity contribution < 1.29 is 8.78 Å².